The molecule has 1 aromatic heterocycles. The van der Waals surface area contributed by atoms with Gasteiger partial charge in [-0.15, -0.1) is 0 Å². The number of aromatic nitrogens is 2. The highest BCUT2D eigenvalue weighted by Gasteiger charge is 2.20. The van der Waals surface area contributed by atoms with Crippen LogP contribution in [0.3, 0.4) is 0 Å². The molecule has 0 bridgehead atoms. The minimum absolute atomic E-state index is 0.154. The predicted molar refractivity (Wildman–Crippen MR) is 109 cm³/mol. The molecule has 0 atom stereocenters. The summed E-state index contributed by atoms with van der Waals surface area (Å²) in [5, 5.41) is 27.5. The molecule has 2 aromatic rings. The van der Waals surface area contributed by atoms with Crippen LogP contribution in [0, 0.1) is 27.2 Å². The van der Waals surface area contributed by atoms with E-state index in [2.05, 4.69) is 25.5 Å². The van der Waals surface area contributed by atoms with Gasteiger partial charge < -0.3 is 15.5 Å². The monoisotopic (exact) mass is 415 g/mol. The molecule has 158 valence electrons. The van der Waals surface area contributed by atoms with Gasteiger partial charge in [0.05, 0.1) is 21.5 Å². The number of aryl methyl sites for hydroxylation is 1. The van der Waals surface area contributed by atoms with Crippen LogP contribution in [0.15, 0.2) is 24.3 Å². The Morgan fingerprint density at radius 1 is 1.03 bits per heavy atom. The number of hydrogen-bond donors (Lipinski definition) is 2. The minimum atomic E-state index is -0.779. The van der Waals surface area contributed by atoms with E-state index in [1.807, 2.05) is 13.0 Å². The van der Waals surface area contributed by atoms with E-state index in [4.69, 9.17) is 0 Å². The Morgan fingerprint density at radius 3 is 2.27 bits per heavy atom. The van der Waals surface area contributed by atoms with Crippen molar-refractivity contribution < 1.29 is 14.6 Å². The van der Waals surface area contributed by atoms with E-state index in [9.17, 15) is 25.0 Å². The molecular weight excluding hydrogens is 394 g/mol. The van der Waals surface area contributed by atoms with Gasteiger partial charge in [-0.1, -0.05) is 0 Å². The number of hydrogen-bond acceptors (Lipinski definition) is 9. The van der Waals surface area contributed by atoms with Crippen molar-refractivity contribution in [2.75, 3.05) is 36.4 Å². The van der Waals surface area contributed by atoms with Crippen LogP contribution in [-0.4, -0.2) is 51.9 Å². The number of nitrogens with zero attached hydrogens (tertiary/aromatic N) is 5. The first-order valence-electron chi connectivity index (χ1n) is 9.40. The lowest BCUT2D eigenvalue weighted by atomic mass is 10.1. The summed E-state index contributed by atoms with van der Waals surface area (Å²) in [5.41, 5.74) is -0.369. The summed E-state index contributed by atoms with van der Waals surface area (Å²) in [5.74, 6) is 0.652. The summed E-state index contributed by atoms with van der Waals surface area (Å²) >= 11 is 0. The molecule has 2 heterocycles. The number of anilines is 2. The van der Waals surface area contributed by atoms with E-state index in [1.54, 1.807) is 0 Å². The standard InChI is InChI=1S/C18H21N7O5/c1-12-8-16(23-6-2-3-7-23)22-18(21-12)20-5-4-19-17(26)13-9-14(24(27)28)11-15(10-13)25(29)30/h8-11H,2-7H2,1H3,(H,19,26)(H,20,21,22). The summed E-state index contributed by atoms with van der Waals surface area (Å²) in [6, 6.07) is 4.74. The quantitative estimate of drug-likeness (QED) is 0.374. The van der Waals surface area contributed by atoms with Gasteiger partial charge in [0.1, 0.15) is 5.82 Å². The summed E-state index contributed by atoms with van der Waals surface area (Å²) < 4.78 is 0. The third kappa shape index (κ3) is 5.16. The Labute approximate surface area is 171 Å². The second-order valence-corrected chi connectivity index (χ2v) is 6.82. The van der Waals surface area contributed by atoms with Gasteiger partial charge in [0.15, 0.2) is 0 Å². The van der Waals surface area contributed by atoms with Gasteiger partial charge in [0.25, 0.3) is 17.3 Å². The zero-order valence-electron chi connectivity index (χ0n) is 16.3. The topological polar surface area (TPSA) is 156 Å². The molecule has 1 amide bonds. The van der Waals surface area contributed by atoms with Gasteiger partial charge in [-0.25, -0.2) is 4.98 Å². The molecule has 2 N–H and O–H groups in total. The van der Waals surface area contributed by atoms with Crippen LogP contribution in [0.4, 0.5) is 23.1 Å². The first-order valence-corrected chi connectivity index (χ1v) is 9.40. The van der Waals surface area contributed by atoms with E-state index < -0.39 is 27.1 Å². The molecule has 0 spiro atoms. The molecule has 0 aliphatic carbocycles. The SMILES string of the molecule is Cc1cc(N2CCCC2)nc(NCCNC(=O)c2cc([N+](=O)[O-])cc([N+](=O)[O-])c2)n1. The Kier molecular flexibility index (Phi) is 6.35. The highest BCUT2D eigenvalue weighted by Crippen LogP contribution is 2.23. The molecule has 3 rings (SSSR count). The highest BCUT2D eigenvalue weighted by atomic mass is 16.6. The summed E-state index contributed by atoms with van der Waals surface area (Å²) in [6.45, 7) is 4.28. The minimum Gasteiger partial charge on any atom is -0.356 e. The van der Waals surface area contributed by atoms with Crippen molar-refractivity contribution in [1.29, 1.82) is 0 Å². The molecular formula is C18H21N7O5. The Bertz CT molecular complexity index is 943. The first-order chi connectivity index (χ1) is 14.3. The largest absolute Gasteiger partial charge is 0.356 e. The van der Waals surface area contributed by atoms with Crippen LogP contribution in [0.5, 0.6) is 0 Å². The number of nitro benzene ring substituents is 2. The van der Waals surface area contributed by atoms with Crippen LogP contribution >= 0.6 is 0 Å². The van der Waals surface area contributed by atoms with Gasteiger partial charge in [-0.05, 0) is 19.8 Å². The van der Waals surface area contributed by atoms with Crippen LogP contribution in [-0.2, 0) is 0 Å². The molecule has 1 fully saturated rings. The van der Waals surface area contributed by atoms with Crippen LogP contribution in [0.2, 0.25) is 0 Å². The number of benzene rings is 1. The summed E-state index contributed by atoms with van der Waals surface area (Å²) in [6.07, 6.45) is 2.27. The number of carbonyl (C=O) groups is 1. The Morgan fingerprint density at radius 2 is 1.67 bits per heavy atom. The fraction of sp³-hybridized carbons (Fsp3) is 0.389. The zero-order chi connectivity index (χ0) is 21.7. The Balaban J connectivity index is 1.59. The predicted octanol–water partition coefficient (Wildman–Crippen LogP) is 2.04. The first kappa shape index (κ1) is 20.9. The van der Waals surface area contributed by atoms with Crippen molar-refractivity contribution in [2.45, 2.75) is 19.8 Å². The molecule has 30 heavy (non-hydrogen) atoms. The van der Waals surface area contributed by atoms with Crippen LogP contribution in [0.1, 0.15) is 28.9 Å². The Hall–Kier alpha value is -3.83. The molecule has 0 unspecified atom stereocenters. The van der Waals surface area contributed by atoms with Gasteiger partial charge >= 0.3 is 0 Å². The molecule has 1 saturated heterocycles. The van der Waals surface area contributed by atoms with Crippen molar-refractivity contribution >= 4 is 29.0 Å². The maximum absolute atomic E-state index is 12.3. The van der Waals surface area contributed by atoms with Gasteiger partial charge in [0.2, 0.25) is 5.95 Å². The number of non-ortho nitro benzene ring substituents is 2. The fourth-order valence-electron chi connectivity index (χ4n) is 3.13. The van der Waals surface area contributed by atoms with Crippen molar-refractivity contribution in [3.05, 3.63) is 55.8 Å². The molecule has 0 radical (unpaired) electrons. The van der Waals surface area contributed by atoms with E-state index in [0.29, 0.717) is 12.5 Å². The van der Waals surface area contributed by atoms with Crippen molar-refractivity contribution in [1.82, 2.24) is 15.3 Å². The van der Waals surface area contributed by atoms with Crippen molar-refractivity contribution in [3.63, 3.8) is 0 Å². The van der Waals surface area contributed by atoms with E-state index >= 15 is 0 Å². The third-order valence-corrected chi connectivity index (χ3v) is 4.55. The molecule has 12 nitrogen and oxygen atoms in total. The highest BCUT2D eigenvalue weighted by molar-refractivity contribution is 5.95. The molecule has 1 aliphatic rings. The summed E-state index contributed by atoms with van der Waals surface area (Å²) in [7, 11) is 0. The normalized spacial score (nSPS) is 13.2. The molecule has 1 aromatic carbocycles. The number of amides is 1. The average Bonchev–Trinajstić information content (AvgIpc) is 3.25. The van der Waals surface area contributed by atoms with Crippen LogP contribution in [0.25, 0.3) is 0 Å². The van der Waals surface area contributed by atoms with E-state index in [0.717, 1.165) is 55.6 Å². The summed E-state index contributed by atoms with van der Waals surface area (Å²) in [4.78, 5) is 43.6. The fourth-order valence-corrected chi connectivity index (χ4v) is 3.13. The van der Waals surface area contributed by atoms with Gasteiger partial charge in [-0.2, -0.15) is 4.98 Å². The third-order valence-electron chi connectivity index (χ3n) is 4.55. The lowest BCUT2D eigenvalue weighted by molar-refractivity contribution is -0.394. The lowest BCUT2D eigenvalue weighted by Crippen LogP contribution is -2.29. The maximum atomic E-state index is 12.3. The van der Waals surface area contributed by atoms with Crippen molar-refractivity contribution in [3.8, 4) is 0 Å². The van der Waals surface area contributed by atoms with Crippen molar-refractivity contribution in [2.24, 2.45) is 0 Å². The van der Waals surface area contributed by atoms with Gasteiger partial charge in [-0.3, -0.25) is 25.0 Å². The second-order valence-electron chi connectivity index (χ2n) is 6.82. The smallest absolute Gasteiger partial charge is 0.277 e. The van der Waals surface area contributed by atoms with Gasteiger partial charge in [0, 0.05) is 50.1 Å². The second kappa shape index (κ2) is 9.11. The number of nitrogens with one attached hydrogen (secondary N) is 2. The average molecular weight is 415 g/mol. The number of rotatable bonds is 8. The van der Waals surface area contributed by atoms with Crippen LogP contribution < -0.4 is 15.5 Å². The lowest BCUT2D eigenvalue weighted by Gasteiger charge is -2.17. The molecule has 1 aliphatic heterocycles. The van der Waals surface area contributed by atoms with E-state index in [-0.39, 0.29) is 12.1 Å². The molecule has 0 saturated carbocycles. The zero-order valence-corrected chi connectivity index (χ0v) is 16.3. The number of carbonyl (C=O) groups excluding carboxylic acids is 1. The maximum Gasteiger partial charge on any atom is 0.277 e. The number of nitro groups is 2. The van der Waals surface area contributed by atoms with E-state index in [1.165, 1.54) is 0 Å². The molecule has 12 heteroatoms.